The van der Waals surface area contributed by atoms with Crippen LogP contribution in [0.2, 0.25) is 5.02 Å². The van der Waals surface area contributed by atoms with E-state index >= 15 is 0 Å². The molecule has 0 aliphatic rings. The minimum absolute atomic E-state index is 0.00463. The summed E-state index contributed by atoms with van der Waals surface area (Å²) in [7, 11) is 0. The van der Waals surface area contributed by atoms with Crippen molar-refractivity contribution < 1.29 is 14.3 Å². The van der Waals surface area contributed by atoms with Crippen molar-refractivity contribution in [2.45, 2.75) is 13.3 Å². The molecule has 1 rings (SSSR count). The van der Waals surface area contributed by atoms with Crippen LogP contribution in [0.1, 0.15) is 22.8 Å². The van der Waals surface area contributed by atoms with E-state index in [0.717, 1.165) is 6.07 Å². The van der Waals surface area contributed by atoms with Gasteiger partial charge in [0.05, 0.1) is 5.02 Å². The molecule has 2 nitrogen and oxygen atoms in total. The van der Waals surface area contributed by atoms with Gasteiger partial charge in [0, 0.05) is 0 Å². The molecule has 0 saturated heterocycles. The Balaban J connectivity index is 3.38. The molecule has 0 spiro atoms. The predicted molar refractivity (Wildman–Crippen MR) is 47.7 cm³/mol. The van der Waals surface area contributed by atoms with Crippen LogP contribution in [0.4, 0.5) is 4.39 Å². The van der Waals surface area contributed by atoms with Crippen molar-refractivity contribution in [2.75, 3.05) is 0 Å². The van der Waals surface area contributed by atoms with Crippen molar-refractivity contribution in [3.8, 4) is 0 Å². The first-order valence-corrected chi connectivity index (χ1v) is 4.16. The number of carboxylic acid groups (broad SMARTS) is 1. The number of hydrogen-bond donors (Lipinski definition) is 1. The van der Waals surface area contributed by atoms with Gasteiger partial charge in [-0.25, -0.2) is 9.18 Å². The molecule has 4 heteroatoms. The average molecular weight is 203 g/mol. The number of rotatable bonds is 2. The number of halogens is 2. The minimum atomic E-state index is -1.34. The standard InChI is InChI=1S/C9H8ClFO2/c1-2-5-3-4-6(11)7(8(5)10)9(12)13/h3-4H,2H2,1H3,(H,12,13). The Morgan fingerprint density at radius 2 is 2.23 bits per heavy atom. The third kappa shape index (κ3) is 1.80. The Morgan fingerprint density at radius 3 is 2.69 bits per heavy atom. The van der Waals surface area contributed by atoms with Crippen LogP contribution in [0, 0.1) is 5.82 Å². The van der Waals surface area contributed by atoms with E-state index in [9.17, 15) is 9.18 Å². The number of hydrogen-bond acceptors (Lipinski definition) is 1. The highest BCUT2D eigenvalue weighted by Gasteiger charge is 2.16. The molecule has 0 saturated carbocycles. The number of carbonyl (C=O) groups is 1. The monoisotopic (exact) mass is 202 g/mol. The summed E-state index contributed by atoms with van der Waals surface area (Å²) in [6, 6.07) is 2.61. The lowest BCUT2D eigenvalue weighted by molar-refractivity contribution is 0.0692. The van der Waals surface area contributed by atoms with Gasteiger partial charge in [0.2, 0.25) is 0 Å². The lowest BCUT2D eigenvalue weighted by Gasteiger charge is -2.04. The zero-order valence-corrected chi connectivity index (χ0v) is 7.73. The average Bonchev–Trinajstić information content (AvgIpc) is 2.04. The van der Waals surface area contributed by atoms with E-state index in [1.165, 1.54) is 6.07 Å². The van der Waals surface area contributed by atoms with Crippen LogP contribution in [0.5, 0.6) is 0 Å². The molecule has 0 amide bonds. The maximum atomic E-state index is 13.0. The number of aryl methyl sites for hydroxylation is 1. The molecule has 1 aromatic carbocycles. The first-order chi connectivity index (χ1) is 6.07. The number of benzene rings is 1. The molecule has 0 atom stereocenters. The van der Waals surface area contributed by atoms with E-state index in [0.29, 0.717) is 12.0 Å². The van der Waals surface area contributed by atoms with E-state index in [-0.39, 0.29) is 5.02 Å². The molecule has 0 heterocycles. The molecular weight excluding hydrogens is 195 g/mol. The molecule has 0 radical (unpaired) electrons. The van der Waals surface area contributed by atoms with Crippen LogP contribution in [0.25, 0.3) is 0 Å². The third-order valence-corrected chi connectivity index (χ3v) is 2.20. The van der Waals surface area contributed by atoms with Crippen LogP contribution in [0.15, 0.2) is 12.1 Å². The summed E-state index contributed by atoms with van der Waals surface area (Å²) in [6.45, 7) is 1.82. The quantitative estimate of drug-likeness (QED) is 0.801. The third-order valence-electron chi connectivity index (χ3n) is 1.77. The summed E-state index contributed by atoms with van der Waals surface area (Å²) in [5, 5.41) is 8.64. The van der Waals surface area contributed by atoms with Crippen molar-refractivity contribution in [1.82, 2.24) is 0 Å². The van der Waals surface area contributed by atoms with Crippen LogP contribution >= 0.6 is 11.6 Å². The number of aromatic carboxylic acids is 1. The molecule has 0 bridgehead atoms. The molecule has 13 heavy (non-hydrogen) atoms. The van der Waals surface area contributed by atoms with Gasteiger partial charge in [-0.3, -0.25) is 0 Å². The second-order valence-electron chi connectivity index (χ2n) is 2.55. The fourth-order valence-corrected chi connectivity index (χ4v) is 1.43. The summed E-state index contributed by atoms with van der Waals surface area (Å²) in [5.74, 6) is -2.13. The lowest BCUT2D eigenvalue weighted by Crippen LogP contribution is -2.03. The molecule has 0 aliphatic heterocycles. The smallest absolute Gasteiger partial charge is 0.340 e. The summed E-state index contributed by atoms with van der Waals surface area (Å²) >= 11 is 5.69. The minimum Gasteiger partial charge on any atom is -0.478 e. The lowest BCUT2D eigenvalue weighted by atomic mass is 10.1. The summed E-state index contributed by atoms with van der Waals surface area (Å²) in [6.07, 6.45) is 0.583. The largest absolute Gasteiger partial charge is 0.478 e. The molecule has 70 valence electrons. The highest BCUT2D eigenvalue weighted by atomic mass is 35.5. The first kappa shape index (κ1) is 9.99. The highest BCUT2D eigenvalue weighted by molar-refractivity contribution is 6.34. The Hall–Kier alpha value is -1.09. The summed E-state index contributed by atoms with van der Waals surface area (Å²) in [4.78, 5) is 10.6. The predicted octanol–water partition coefficient (Wildman–Crippen LogP) is 2.74. The van der Waals surface area contributed by atoms with Crippen LogP contribution in [0.3, 0.4) is 0 Å². The van der Waals surface area contributed by atoms with Gasteiger partial charge in [-0.2, -0.15) is 0 Å². The summed E-state index contributed by atoms with van der Waals surface area (Å²) < 4.78 is 13.0. The SMILES string of the molecule is CCc1ccc(F)c(C(=O)O)c1Cl. The van der Waals surface area contributed by atoms with E-state index in [4.69, 9.17) is 16.7 Å². The van der Waals surface area contributed by atoms with Crippen LogP contribution in [-0.4, -0.2) is 11.1 Å². The van der Waals surface area contributed by atoms with Gasteiger partial charge in [0.1, 0.15) is 11.4 Å². The van der Waals surface area contributed by atoms with Gasteiger partial charge >= 0.3 is 5.97 Å². The summed E-state index contributed by atoms with van der Waals surface area (Å²) in [5.41, 5.74) is 0.196. The van der Waals surface area contributed by atoms with Gasteiger partial charge in [-0.1, -0.05) is 24.6 Å². The molecule has 0 aliphatic carbocycles. The Morgan fingerprint density at radius 1 is 1.62 bits per heavy atom. The maximum Gasteiger partial charge on any atom is 0.340 e. The molecule has 1 N–H and O–H groups in total. The van der Waals surface area contributed by atoms with Crippen molar-refractivity contribution in [1.29, 1.82) is 0 Å². The maximum absolute atomic E-state index is 13.0. The van der Waals surface area contributed by atoms with E-state index in [1.54, 1.807) is 0 Å². The van der Waals surface area contributed by atoms with Gasteiger partial charge < -0.3 is 5.11 Å². The number of carboxylic acids is 1. The van der Waals surface area contributed by atoms with Gasteiger partial charge in [-0.05, 0) is 18.1 Å². The highest BCUT2D eigenvalue weighted by Crippen LogP contribution is 2.24. The van der Waals surface area contributed by atoms with E-state index in [2.05, 4.69) is 0 Å². The molecular formula is C9H8ClFO2. The normalized spacial score (nSPS) is 10.1. The van der Waals surface area contributed by atoms with Crippen LogP contribution in [-0.2, 0) is 6.42 Å². The molecule has 0 fully saturated rings. The Kier molecular flexibility index (Phi) is 2.88. The zero-order chi connectivity index (χ0) is 10.0. The van der Waals surface area contributed by atoms with Gasteiger partial charge in [-0.15, -0.1) is 0 Å². The van der Waals surface area contributed by atoms with Crippen molar-refractivity contribution in [3.05, 3.63) is 34.1 Å². The first-order valence-electron chi connectivity index (χ1n) is 3.78. The Labute approximate surface area is 80.0 Å². The topological polar surface area (TPSA) is 37.3 Å². The second kappa shape index (κ2) is 3.75. The zero-order valence-electron chi connectivity index (χ0n) is 6.97. The fourth-order valence-electron chi connectivity index (χ4n) is 1.06. The molecule has 1 aromatic rings. The van der Waals surface area contributed by atoms with E-state index in [1.807, 2.05) is 6.92 Å². The molecule has 0 aromatic heterocycles. The van der Waals surface area contributed by atoms with Crippen molar-refractivity contribution in [3.63, 3.8) is 0 Å². The van der Waals surface area contributed by atoms with Gasteiger partial charge in [0.15, 0.2) is 0 Å². The van der Waals surface area contributed by atoms with E-state index < -0.39 is 17.3 Å². The van der Waals surface area contributed by atoms with Crippen LogP contribution < -0.4 is 0 Å². The second-order valence-corrected chi connectivity index (χ2v) is 2.93. The Bertz CT molecular complexity index is 350. The van der Waals surface area contributed by atoms with Gasteiger partial charge in [0.25, 0.3) is 0 Å². The molecule has 0 unspecified atom stereocenters. The van der Waals surface area contributed by atoms with Crippen molar-refractivity contribution >= 4 is 17.6 Å². The van der Waals surface area contributed by atoms with Crippen molar-refractivity contribution in [2.24, 2.45) is 0 Å². The fraction of sp³-hybridized carbons (Fsp3) is 0.222.